The van der Waals surface area contributed by atoms with Crippen LogP contribution in [0.3, 0.4) is 0 Å². The number of benzene rings is 3. The largest absolute Gasteiger partial charge is 0.296 e. The Kier molecular flexibility index (Phi) is 8.75. The van der Waals surface area contributed by atoms with Gasteiger partial charge in [0.25, 0.3) is 0 Å². The van der Waals surface area contributed by atoms with E-state index in [1.165, 1.54) is 0 Å². The summed E-state index contributed by atoms with van der Waals surface area (Å²) in [6.45, 7) is 6.87. The second-order valence-corrected chi connectivity index (χ2v) is 7.65. The van der Waals surface area contributed by atoms with E-state index in [2.05, 4.69) is 24.8 Å². The molecule has 0 N–H and O–H groups in total. The van der Waals surface area contributed by atoms with E-state index >= 15 is 0 Å². The molecular weight excluding hydrogens is 389 g/mol. The van der Waals surface area contributed by atoms with Gasteiger partial charge in [-0.25, -0.2) is 0 Å². The Balaban J connectivity index is 0.00000280. The van der Waals surface area contributed by atoms with E-state index < -0.39 is 0 Å². The lowest BCUT2D eigenvalue weighted by Gasteiger charge is -2.21. The van der Waals surface area contributed by atoms with Crippen LogP contribution in [0, 0.1) is 0 Å². The van der Waals surface area contributed by atoms with Crippen LogP contribution < -0.4 is 0 Å². The van der Waals surface area contributed by atoms with Gasteiger partial charge in [-0.3, -0.25) is 9.69 Å². The van der Waals surface area contributed by atoms with Gasteiger partial charge in [-0.05, 0) is 54.2 Å². The number of fused-ring (bicyclic) bond motifs is 3. The average molecular weight is 418 g/mol. The molecule has 4 heteroatoms. The molecule has 0 unspecified atom stereocenters. The fraction of sp³-hybridized carbons (Fsp3) is 0.375. The molecule has 0 amide bonds. The van der Waals surface area contributed by atoms with E-state index in [0.29, 0.717) is 6.54 Å². The molecule has 2 nitrogen and oxygen atoms in total. The molecule has 0 aliphatic rings. The minimum atomic E-state index is 0. The summed E-state index contributed by atoms with van der Waals surface area (Å²) in [5, 5.41) is 5.05. The van der Waals surface area contributed by atoms with E-state index in [1.807, 2.05) is 42.5 Å². The van der Waals surface area contributed by atoms with E-state index in [0.717, 1.165) is 70.9 Å². The van der Waals surface area contributed by atoms with Gasteiger partial charge >= 0.3 is 0 Å². The van der Waals surface area contributed by atoms with Crippen LogP contribution in [0.1, 0.15) is 49.9 Å². The highest BCUT2D eigenvalue weighted by atomic mass is 35.5. The normalized spacial score (nSPS) is 11.1. The van der Waals surface area contributed by atoms with Gasteiger partial charge in [-0.15, -0.1) is 12.4 Å². The molecule has 0 aliphatic carbocycles. The third-order valence-corrected chi connectivity index (χ3v) is 5.47. The quantitative estimate of drug-likeness (QED) is 0.272. The summed E-state index contributed by atoms with van der Waals surface area (Å²) in [5.74, 6) is 0.197. The molecule has 0 aromatic heterocycles. The van der Waals surface area contributed by atoms with Crippen molar-refractivity contribution in [2.24, 2.45) is 0 Å². The molecule has 0 fully saturated rings. The summed E-state index contributed by atoms with van der Waals surface area (Å²) < 4.78 is 0. The highest BCUT2D eigenvalue weighted by molar-refractivity contribution is 6.37. The zero-order chi connectivity index (χ0) is 19.2. The van der Waals surface area contributed by atoms with Crippen LogP contribution in [0.25, 0.3) is 21.5 Å². The maximum absolute atomic E-state index is 13.0. The Morgan fingerprint density at radius 3 is 2.18 bits per heavy atom. The highest BCUT2D eigenvalue weighted by Gasteiger charge is 2.14. The van der Waals surface area contributed by atoms with Gasteiger partial charge in [0, 0.05) is 16.0 Å². The van der Waals surface area contributed by atoms with Crippen molar-refractivity contribution in [2.45, 2.75) is 39.5 Å². The lowest BCUT2D eigenvalue weighted by atomic mass is 9.98. The van der Waals surface area contributed by atoms with Crippen molar-refractivity contribution in [1.82, 2.24) is 4.90 Å². The Labute approximate surface area is 179 Å². The van der Waals surface area contributed by atoms with E-state index in [9.17, 15) is 4.79 Å². The summed E-state index contributed by atoms with van der Waals surface area (Å²) in [6.07, 6.45) is 4.58. The van der Waals surface area contributed by atoms with E-state index in [1.54, 1.807) is 0 Å². The van der Waals surface area contributed by atoms with Crippen molar-refractivity contribution in [3.63, 3.8) is 0 Å². The summed E-state index contributed by atoms with van der Waals surface area (Å²) in [4.78, 5) is 15.3. The van der Waals surface area contributed by atoms with Gasteiger partial charge in [0.05, 0.1) is 6.54 Å². The molecule has 150 valence electrons. The third-order valence-electron chi connectivity index (χ3n) is 5.16. The number of Topliss-reactive ketones (excluding diaryl/α,β-unsaturated/α-hetero) is 1. The molecule has 0 spiro atoms. The number of nitrogens with zero attached hydrogens (tertiary/aromatic N) is 1. The first-order valence-corrected chi connectivity index (χ1v) is 10.4. The van der Waals surface area contributed by atoms with E-state index in [4.69, 9.17) is 11.6 Å². The van der Waals surface area contributed by atoms with Crippen molar-refractivity contribution < 1.29 is 4.79 Å². The first kappa shape index (κ1) is 22.7. The molecule has 3 aromatic rings. The molecule has 0 heterocycles. The van der Waals surface area contributed by atoms with Gasteiger partial charge in [0.2, 0.25) is 0 Å². The summed E-state index contributed by atoms with van der Waals surface area (Å²) >= 11 is 6.43. The number of hydrogen-bond acceptors (Lipinski definition) is 2. The molecule has 3 aromatic carbocycles. The predicted octanol–water partition coefficient (Wildman–Crippen LogP) is 7.15. The first-order chi connectivity index (χ1) is 13.1. The smallest absolute Gasteiger partial charge is 0.176 e. The SMILES string of the molecule is CCCCN(CCCC)CC(=O)c1ccc2cc(Cl)c3ccccc3c2c1.Cl. The number of carbonyl (C=O) groups excluding carboxylic acids is 1. The molecule has 28 heavy (non-hydrogen) atoms. The van der Waals surface area contributed by atoms with Crippen LogP contribution in [0.2, 0.25) is 5.02 Å². The second-order valence-electron chi connectivity index (χ2n) is 7.25. The zero-order valence-corrected chi connectivity index (χ0v) is 18.3. The van der Waals surface area contributed by atoms with Crippen molar-refractivity contribution in [2.75, 3.05) is 19.6 Å². The zero-order valence-electron chi connectivity index (χ0n) is 16.7. The molecule has 0 saturated heterocycles. The maximum Gasteiger partial charge on any atom is 0.176 e. The minimum Gasteiger partial charge on any atom is -0.296 e. The van der Waals surface area contributed by atoms with Crippen molar-refractivity contribution in [3.05, 3.63) is 59.1 Å². The first-order valence-electron chi connectivity index (χ1n) is 10.0. The highest BCUT2D eigenvalue weighted by Crippen LogP contribution is 2.32. The molecule has 0 bridgehead atoms. The number of carbonyl (C=O) groups is 1. The van der Waals surface area contributed by atoms with Crippen LogP contribution in [0.4, 0.5) is 0 Å². The van der Waals surface area contributed by atoms with Gasteiger partial charge < -0.3 is 0 Å². The fourth-order valence-electron chi connectivity index (χ4n) is 3.56. The Morgan fingerprint density at radius 1 is 0.893 bits per heavy atom. The van der Waals surface area contributed by atoms with Gasteiger partial charge in [0.15, 0.2) is 5.78 Å². The number of halogens is 2. The van der Waals surface area contributed by atoms with Crippen molar-refractivity contribution >= 4 is 51.3 Å². The lowest BCUT2D eigenvalue weighted by molar-refractivity contribution is 0.0928. The van der Waals surface area contributed by atoms with Crippen molar-refractivity contribution in [3.8, 4) is 0 Å². The number of hydrogen-bond donors (Lipinski definition) is 0. The molecule has 0 radical (unpaired) electrons. The van der Waals surface area contributed by atoms with Crippen LogP contribution in [0.5, 0.6) is 0 Å². The van der Waals surface area contributed by atoms with Gasteiger partial charge in [-0.2, -0.15) is 0 Å². The Bertz CT molecular complexity index is 930. The van der Waals surface area contributed by atoms with Crippen LogP contribution in [-0.2, 0) is 0 Å². The standard InChI is InChI=1S/C24H28ClNO.ClH/c1-3-5-13-26(14-6-4-2)17-24(27)19-12-11-18-16-23(25)21-10-8-7-9-20(21)22(18)15-19;/h7-12,15-16H,3-6,13-14,17H2,1-2H3;1H. The maximum atomic E-state index is 13.0. The summed E-state index contributed by atoms with van der Waals surface area (Å²) in [6, 6.07) is 16.1. The Hall–Kier alpha value is -1.61. The predicted molar refractivity (Wildman–Crippen MR) is 124 cm³/mol. The third kappa shape index (κ3) is 5.26. The second kappa shape index (κ2) is 10.8. The van der Waals surface area contributed by atoms with Crippen LogP contribution in [-0.4, -0.2) is 30.3 Å². The fourth-order valence-corrected chi connectivity index (χ4v) is 3.84. The van der Waals surface area contributed by atoms with Crippen LogP contribution in [0.15, 0.2) is 48.5 Å². The average Bonchev–Trinajstić information content (AvgIpc) is 2.70. The summed E-state index contributed by atoms with van der Waals surface area (Å²) in [5.41, 5.74) is 0.785. The Morgan fingerprint density at radius 2 is 1.54 bits per heavy atom. The van der Waals surface area contributed by atoms with Gasteiger partial charge in [-0.1, -0.05) is 74.7 Å². The molecule has 0 atom stereocenters. The van der Waals surface area contributed by atoms with Gasteiger partial charge in [0.1, 0.15) is 0 Å². The number of unbranched alkanes of at least 4 members (excludes halogenated alkanes) is 2. The number of ketones is 1. The monoisotopic (exact) mass is 417 g/mol. The number of rotatable bonds is 9. The molecular formula is C24H29Cl2NO. The molecule has 3 rings (SSSR count). The molecule has 0 aliphatic heterocycles. The van der Waals surface area contributed by atoms with Crippen molar-refractivity contribution in [1.29, 1.82) is 0 Å². The lowest BCUT2D eigenvalue weighted by Crippen LogP contribution is -2.31. The molecule has 0 saturated carbocycles. The topological polar surface area (TPSA) is 20.3 Å². The summed E-state index contributed by atoms with van der Waals surface area (Å²) in [7, 11) is 0. The minimum absolute atomic E-state index is 0. The van der Waals surface area contributed by atoms with Crippen LogP contribution >= 0.6 is 24.0 Å². The van der Waals surface area contributed by atoms with E-state index in [-0.39, 0.29) is 18.2 Å².